The van der Waals surface area contributed by atoms with Crippen LogP contribution in [-0.2, 0) is 9.59 Å². The minimum absolute atomic E-state index is 0.220. The first kappa shape index (κ1) is 15.6. The smallest absolute Gasteiger partial charge is 0.337 e. The number of carbonyl (C=O) groups excluding carboxylic acids is 3. The Morgan fingerprint density at radius 2 is 1.68 bits per heavy atom. The van der Waals surface area contributed by atoms with Gasteiger partial charge in [0.05, 0.1) is 17.7 Å². The first-order valence-electron chi connectivity index (χ1n) is 6.42. The third-order valence-electron chi connectivity index (χ3n) is 3.27. The molecular weight excluding hydrogens is 292 g/mol. The van der Waals surface area contributed by atoms with E-state index >= 15 is 0 Å². The van der Waals surface area contributed by atoms with Gasteiger partial charge in [0, 0.05) is 0 Å². The van der Waals surface area contributed by atoms with E-state index in [1.54, 1.807) is 12.1 Å². The van der Waals surface area contributed by atoms with Crippen LogP contribution in [0, 0.1) is 0 Å². The molecule has 0 aliphatic carbocycles. The van der Waals surface area contributed by atoms with Crippen LogP contribution < -0.4 is 5.32 Å². The van der Waals surface area contributed by atoms with Gasteiger partial charge in [0.25, 0.3) is 11.8 Å². The van der Waals surface area contributed by atoms with Gasteiger partial charge in [0.2, 0.25) is 5.91 Å². The Hall–Kier alpha value is -2.74. The lowest BCUT2D eigenvalue weighted by Crippen LogP contribution is -2.49. The predicted octanol–water partition coefficient (Wildman–Crippen LogP) is -0.766. The Kier molecular flexibility index (Phi) is 3.96. The normalized spacial score (nSPS) is 16.2. The lowest BCUT2D eigenvalue weighted by molar-refractivity contribution is -0.156. The highest BCUT2D eigenvalue weighted by molar-refractivity contribution is 6.22. The Bertz CT molecular complexity index is 632. The minimum atomic E-state index is -2.13. The van der Waals surface area contributed by atoms with Crippen LogP contribution in [0.15, 0.2) is 24.3 Å². The summed E-state index contributed by atoms with van der Waals surface area (Å²) in [6, 6.07) is 6.20. The summed E-state index contributed by atoms with van der Waals surface area (Å²) in [7, 11) is 0. The molecule has 1 aliphatic heterocycles. The molecule has 0 aromatic heterocycles. The molecule has 0 saturated heterocycles. The van der Waals surface area contributed by atoms with Crippen molar-refractivity contribution in [3.8, 4) is 0 Å². The van der Waals surface area contributed by atoms with Gasteiger partial charge in [-0.1, -0.05) is 12.1 Å². The Balaban J connectivity index is 2.01. The maximum Gasteiger partial charge on any atom is 0.337 e. The van der Waals surface area contributed by atoms with Gasteiger partial charge in [-0.05, 0) is 19.1 Å². The summed E-state index contributed by atoms with van der Waals surface area (Å²) in [5, 5.41) is 20.4. The second kappa shape index (κ2) is 5.57. The van der Waals surface area contributed by atoms with Crippen molar-refractivity contribution >= 4 is 23.7 Å². The number of fused-ring (bicyclic) bond motifs is 1. The molecule has 0 radical (unpaired) electrons. The molecule has 8 heteroatoms. The summed E-state index contributed by atoms with van der Waals surface area (Å²) >= 11 is 0. The second-order valence-electron chi connectivity index (χ2n) is 5.10. The standard InChI is InChI=1S/C14H14N2O6/c1-14(22,13(20)21)7-15-10(17)6-16-11(18)8-4-2-3-5-9(8)12(16)19/h2-5,22H,6-7H2,1H3,(H,15,17)(H,20,21). The molecular formula is C14H14N2O6. The first-order valence-corrected chi connectivity index (χ1v) is 6.42. The zero-order chi connectivity index (χ0) is 16.5. The number of carbonyl (C=O) groups is 4. The van der Waals surface area contributed by atoms with Crippen LogP contribution in [-0.4, -0.2) is 57.5 Å². The molecule has 1 unspecified atom stereocenters. The predicted molar refractivity (Wildman–Crippen MR) is 73.1 cm³/mol. The van der Waals surface area contributed by atoms with Crippen molar-refractivity contribution in [2.45, 2.75) is 12.5 Å². The van der Waals surface area contributed by atoms with E-state index in [1.165, 1.54) is 12.1 Å². The summed E-state index contributed by atoms with van der Waals surface area (Å²) in [5.74, 6) is -3.40. The minimum Gasteiger partial charge on any atom is -0.479 e. The van der Waals surface area contributed by atoms with E-state index < -0.39 is 42.4 Å². The third kappa shape index (κ3) is 2.82. The SMILES string of the molecule is CC(O)(CNC(=O)CN1C(=O)c2ccccc2C1=O)C(=O)O. The summed E-state index contributed by atoms with van der Waals surface area (Å²) in [6.45, 7) is -0.0516. The van der Waals surface area contributed by atoms with Gasteiger partial charge in [0.15, 0.2) is 5.60 Å². The van der Waals surface area contributed by atoms with Gasteiger partial charge in [-0.2, -0.15) is 0 Å². The first-order chi connectivity index (χ1) is 10.2. The van der Waals surface area contributed by atoms with Crippen LogP contribution in [0.1, 0.15) is 27.6 Å². The van der Waals surface area contributed by atoms with E-state index in [0.717, 1.165) is 11.8 Å². The molecule has 1 aliphatic rings. The highest BCUT2D eigenvalue weighted by Gasteiger charge is 2.37. The van der Waals surface area contributed by atoms with Gasteiger partial charge in [-0.15, -0.1) is 0 Å². The van der Waals surface area contributed by atoms with Crippen molar-refractivity contribution in [2.75, 3.05) is 13.1 Å². The van der Waals surface area contributed by atoms with Crippen LogP contribution in [0.25, 0.3) is 0 Å². The Morgan fingerprint density at radius 3 is 2.14 bits per heavy atom. The molecule has 1 aromatic carbocycles. The van der Waals surface area contributed by atoms with Gasteiger partial charge in [0.1, 0.15) is 6.54 Å². The fourth-order valence-corrected chi connectivity index (χ4v) is 1.93. The molecule has 1 heterocycles. The summed E-state index contributed by atoms with van der Waals surface area (Å²) in [4.78, 5) is 47.3. The van der Waals surface area contributed by atoms with E-state index in [9.17, 15) is 24.3 Å². The summed E-state index contributed by atoms with van der Waals surface area (Å²) < 4.78 is 0. The molecule has 0 spiro atoms. The van der Waals surface area contributed by atoms with E-state index in [1.807, 2.05) is 0 Å². The maximum atomic E-state index is 12.0. The molecule has 3 amide bonds. The number of imide groups is 1. The summed E-state index contributed by atoms with van der Waals surface area (Å²) in [5.41, 5.74) is -1.69. The number of carboxylic acids is 1. The highest BCUT2D eigenvalue weighted by atomic mass is 16.4. The molecule has 0 bridgehead atoms. The van der Waals surface area contributed by atoms with E-state index in [2.05, 4.69) is 5.32 Å². The van der Waals surface area contributed by atoms with E-state index in [4.69, 9.17) is 5.11 Å². The average molecular weight is 306 g/mol. The maximum absolute atomic E-state index is 12.0. The fourth-order valence-electron chi connectivity index (χ4n) is 1.93. The zero-order valence-corrected chi connectivity index (χ0v) is 11.7. The third-order valence-corrected chi connectivity index (χ3v) is 3.27. The molecule has 8 nitrogen and oxygen atoms in total. The van der Waals surface area contributed by atoms with Crippen molar-refractivity contribution in [3.63, 3.8) is 0 Å². The van der Waals surface area contributed by atoms with E-state index in [0.29, 0.717) is 0 Å². The number of nitrogens with zero attached hydrogens (tertiary/aromatic N) is 1. The van der Waals surface area contributed by atoms with Crippen LogP contribution >= 0.6 is 0 Å². The number of hydrogen-bond acceptors (Lipinski definition) is 5. The molecule has 116 valence electrons. The van der Waals surface area contributed by atoms with Crippen molar-refractivity contribution in [2.24, 2.45) is 0 Å². The Labute approximate surface area is 125 Å². The van der Waals surface area contributed by atoms with Gasteiger partial charge >= 0.3 is 5.97 Å². The molecule has 0 saturated carbocycles. The van der Waals surface area contributed by atoms with E-state index in [-0.39, 0.29) is 11.1 Å². The lowest BCUT2D eigenvalue weighted by Gasteiger charge is -2.19. The molecule has 3 N–H and O–H groups in total. The van der Waals surface area contributed by atoms with Crippen molar-refractivity contribution in [1.29, 1.82) is 0 Å². The van der Waals surface area contributed by atoms with Crippen LogP contribution in [0.4, 0.5) is 0 Å². The topological polar surface area (TPSA) is 124 Å². The van der Waals surface area contributed by atoms with Crippen LogP contribution in [0.2, 0.25) is 0 Å². The van der Waals surface area contributed by atoms with Gasteiger partial charge in [-0.25, -0.2) is 4.79 Å². The number of benzene rings is 1. The summed E-state index contributed by atoms with van der Waals surface area (Å²) in [6.07, 6.45) is 0. The monoisotopic (exact) mass is 306 g/mol. The number of rotatable bonds is 5. The van der Waals surface area contributed by atoms with Crippen molar-refractivity contribution in [1.82, 2.24) is 10.2 Å². The molecule has 0 fully saturated rings. The fraction of sp³-hybridized carbons (Fsp3) is 0.286. The molecule has 1 aromatic rings. The highest BCUT2D eigenvalue weighted by Crippen LogP contribution is 2.21. The number of amides is 3. The lowest BCUT2D eigenvalue weighted by atomic mass is 10.1. The Morgan fingerprint density at radius 1 is 1.18 bits per heavy atom. The average Bonchev–Trinajstić information content (AvgIpc) is 2.71. The van der Waals surface area contributed by atoms with Gasteiger partial charge in [-0.3, -0.25) is 19.3 Å². The molecule has 22 heavy (non-hydrogen) atoms. The van der Waals surface area contributed by atoms with Crippen molar-refractivity contribution in [3.05, 3.63) is 35.4 Å². The number of aliphatic carboxylic acids is 1. The quantitative estimate of drug-likeness (QED) is 0.614. The van der Waals surface area contributed by atoms with Crippen LogP contribution in [0.5, 0.6) is 0 Å². The van der Waals surface area contributed by atoms with Gasteiger partial charge < -0.3 is 15.5 Å². The second-order valence-corrected chi connectivity index (χ2v) is 5.10. The molecule has 1 atom stereocenters. The van der Waals surface area contributed by atoms with Crippen LogP contribution in [0.3, 0.4) is 0 Å². The number of hydrogen-bond donors (Lipinski definition) is 3. The number of aliphatic hydroxyl groups is 1. The van der Waals surface area contributed by atoms with Crippen molar-refractivity contribution < 1.29 is 29.4 Å². The largest absolute Gasteiger partial charge is 0.479 e. The molecule has 2 rings (SSSR count). The number of carboxylic acid groups (broad SMARTS) is 1. The zero-order valence-electron chi connectivity index (χ0n) is 11.7. The number of nitrogens with one attached hydrogen (secondary N) is 1.